The molecule has 0 fully saturated rings. The maximum Gasteiger partial charge on any atom is 0.276 e. The molecule has 1 aliphatic heterocycles. The van der Waals surface area contributed by atoms with Crippen LogP contribution in [0.3, 0.4) is 0 Å². The Bertz CT molecular complexity index is 826. The summed E-state index contributed by atoms with van der Waals surface area (Å²) in [4.78, 5) is 21.3. The first-order chi connectivity index (χ1) is 12.0. The van der Waals surface area contributed by atoms with Crippen molar-refractivity contribution >= 4 is 27.5 Å². The molecule has 0 spiro atoms. The smallest absolute Gasteiger partial charge is 0.276 e. The number of carbonyl (C=O) groups is 1. The molecule has 2 heterocycles. The molecule has 1 aromatic heterocycles. The summed E-state index contributed by atoms with van der Waals surface area (Å²) in [6.45, 7) is 0.613. The van der Waals surface area contributed by atoms with Crippen LogP contribution in [-0.2, 0) is 6.42 Å². The zero-order valence-corrected chi connectivity index (χ0v) is 15.8. The molecule has 5 nitrogen and oxygen atoms in total. The highest BCUT2D eigenvalue weighted by molar-refractivity contribution is 9.10. The van der Waals surface area contributed by atoms with Crippen molar-refractivity contribution in [3.8, 4) is 6.07 Å². The first-order valence-electron chi connectivity index (χ1n) is 8.12. The zero-order chi connectivity index (χ0) is 18.0. The first kappa shape index (κ1) is 17.6. The number of carbonyl (C=O) groups excluding carboxylic acids is 1. The number of nitriles is 1. The van der Waals surface area contributed by atoms with Crippen LogP contribution in [0.2, 0.25) is 0 Å². The summed E-state index contributed by atoms with van der Waals surface area (Å²) in [6.07, 6.45) is 3.35. The van der Waals surface area contributed by atoms with Crippen molar-refractivity contribution in [1.82, 2.24) is 9.88 Å². The van der Waals surface area contributed by atoms with E-state index in [0.29, 0.717) is 17.8 Å². The standard InChI is InChI=1S/C19H19BrN4O/c1-23(2)16-6-4-14-9-15(20)5-8-18(14)24(12-16)19(25)17-7-3-13(10-21)11-22-17/h3,5,7-9,11,16H,4,6,12H2,1-2H3. The third-order valence-electron chi connectivity index (χ3n) is 4.56. The number of aromatic nitrogens is 1. The Morgan fingerprint density at radius 1 is 1.36 bits per heavy atom. The molecule has 1 unspecified atom stereocenters. The minimum Gasteiger partial charge on any atom is -0.305 e. The van der Waals surface area contributed by atoms with Crippen LogP contribution >= 0.6 is 15.9 Å². The van der Waals surface area contributed by atoms with Gasteiger partial charge in [0.1, 0.15) is 11.8 Å². The number of halogens is 1. The van der Waals surface area contributed by atoms with E-state index in [2.05, 4.69) is 31.9 Å². The van der Waals surface area contributed by atoms with E-state index in [1.54, 1.807) is 12.1 Å². The number of pyridine rings is 1. The van der Waals surface area contributed by atoms with Gasteiger partial charge in [0.25, 0.3) is 5.91 Å². The van der Waals surface area contributed by atoms with Gasteiger partial charge in [-0.05, 0) is 62.8 Å². The lowest BCUT2D eigenvalue weighted by Gasteiger charge is -2.29. The lowest BCUT2D eigenvalue weighted by molar-refractivity contribution is 0.0975. The van der Waals surface area contributed by atoms with E-state index in [-0.39, 0.29) is 11.9 Å². The molecule has 1 atom stereocenters. The molecule has 25 heavy (non-hydrogen) atoms. The maximum atomic E-state index is 13.1. The van der Waals surface area contributed by atoms with Crippen molar-refractivity contribution in [1.29, 1.82) is 5.26 Å². The topological polar surface area (TPSA) is 60.2 Å². The summed E-state index contributed by atoms with van der Waals surface area (Å²) in [6, 6.07) is 11.6. The lowest BCUT2D eigenvalue weighted by atomic mass is 10.1. The number of amides is 1. The van der Waals surface area contributed by atoms with Crippen molar-refractivity contribution in [3.05, 3.63) is 57.8 Å². The molecule has 6 heteroatoms. The quantitative estimate of drug-likeness (QED) is 0.778. The van der Waals surface area contributed by atoms with Crippen molar-refractivity contribution in [2.45, 2.75) is 18.9 Å². The first-order valence-corrected chi connectivity index (χ1v) is 8.92. The Balaban J connectivity index is 2.00. The number of rotatable bonds is 2. The highest BCUT2D eigenvalue weighted by atomic mass is 79.9. The third kappa shape index (κ3) is 3.73. The molecule has 0 N–H and O–H groups in total. The average molecular weight is 399 g/mol. The minimum absolute atomic E-state index is 0.137. The molecule has 0 radical (unpaired) electrons. The van der Waals surface area contributed by atoms with Gasteiger partial charge in [-0.2, -0.15) is 5.26 Å². The van der Waals surface area contributed by atoms with Gasteiger partial charge in [0.2, 0.25) is 0 Å². The van der Waals surface area contributed by atoms with Gasteiger partial charge in [-0.15, -0.1) is 0 Å². The van der Waals surface area contributed by atoms with E-state index in [9.17, 15) is 4.79 Å². The fraction of sp³-hybridized carbons (Fsp3) is 0.316. The fourth-order valence-electron chi connectivity index (χ4n) is 3.08. The van der Waals surface area contributed by atoms with Crippen molar-refractivity contribution in [3.63, 3.8) is 0 Å². The predicted octanol–water partition coefficient (Wildman–Crippen LogP) is 3.24. The normalized spacial score (nSPS) is 16.9. The maximum absolute atomic E-state index is 13.1. The van der Waals surface area contributed by atoms with Crippen molar-refractivity contribution < 1.29 is 4.79 Å². The summed E-state index contributed by atoms with van der Waals surface area (Å²) in [5, 5.41) is 8.91. The van der Waals surface area contributed by atoms with Gasteiger partial charge >= 0.3 is 0 Å². The van der Waals surface area contributed by atoms with Crippen molar-refractivity contribution in [2.75, 3.05) is 25.5 Å². The average Bonchev–Trinajstić information content (AvgIpc) is 2.80. The molecular formula is C19H19BrN4O. The summed E-state index contributed by atoms with van der Waals surface area (Å²) in [7, 11) is 4.08. The Morgan fingerprint density at radius 3 is 2.80 bits per heavy atom. The van der Waals surface area contributed by atoms with Crippen LogP contribution in [0.25, 0.3) is 0 Å². The summed E-state index contributed by atoms with van der Waals surface area (Å²) in [5.74, 6) is -0.137. The van der Waals surface area contributed by atoms with Crippen LogP contribution < -0.4 is 4.90 Å². The Kier molecular flexibility index (Phi) is 5.16. The second-order valence-corrected chi connectivity index (χ2v) is 7.30. The highest BCUT2D eigenvalue weighted by Gasteiger charge is 2.28. The molecule has 1 amide bonds. The van der Waals surface area contributed by atoms with E-state index in [4.69, 9.17) is 5.26 Å². The monoisotopic (exact) mass is 398 g/mol. The SMILES string of the molecule is CN(C)C1CCc2cc(Br)ccc2N(C(=O)c2ccc(C#N)cn2)C1. The number of fused-ring (bicyclic) bond motifs is 1. The summed E-state index contributed by atoms with van der Waals surface area (Å²) in [5.41, 5.74) is 2.89. The molecule has 0 saturated carbocycles. The van der Waals surface area contributed by atoms with Gasteiger partial charge in [0.05, 0.1) is 5.56 Å². The number of nitrogens with zero attached hydrogens (tertiary/aromatic N) is 4. The Labute approximate surface area is 156 Å². The van der Waals surface area contributed by atoms with E-state index in [1.165, 1.54) is 6.20 Å². The van der Waals surface area contributed by atoms with E-state index in [0.717, 1.165) is 28.6 Å². The minimum atomic E-state index is -0.137. The molecular weight excluding hydrogens is 380 g/mol. The summed E-state index contributed by atoms with van der Waals surface area (Å²) < 4.78 is 1.01. The van der Waals surface area contributed by atoms with Crippen LogP contribution in [0, 0.1) is 11.3 Å². The van der Waals surface area contributed by atoms with Crippen LogP contribution in [0.4, 0.5) is 5.69 Å². The molecule has 2 aromatic rings. The molecule has 128 valence electrons. The van der Waals surface area contributed by atoms with Crippen molar-refractivity contribution in [2.24, 2.45) is 0 Å². The Hall–Kier alpha value is -2.23. The molecule has 0 bridgehead atoms. The number of aryl methyl sites for hydroxylation is 1. The van der Waals surface area contributed by atoms with Gasteiger partial charge < -0.3 is 9.80 Å². The van der Waals surface area contributed by atoms with E-state index in [1.807, 2.05) is 37.2 Å². The molecule has 1 aromatic carbocycles. The molecule has 0 aliphatic carbocycles. The number of hydrogen-bond donors (Lipinski definition) is 0. The lowest BCUT2D eigenvalue weighted by Crippen LogP contribution is -2.42. The van der Waals surface area contributed by atoms with Crippen LogP contribution in [0.15, 0.2) is 41.0 Å². The zero-order valence-electron chi connectivity index (χ0n) is 14.2. The van der Waals surface area contributed by atoms with Gasteiger partial charge in [0.15, 0.2) is 0 Å². The van der Waals surface area contributed by atoms with E-state index < -0.39 is 0 Å². The van der Waals surface area contributed by atoms with Gasteiger partial charge in [-0.1, -0.05) is 15.9 Å². The number of likely N-dealkylation sites (N-methyl/N-ethyl adjacent to an activating group) is 1. The molecule has 0 saturated heterocycles. The fourth-order valence-corrected chi connectivity index (χ4v) is 3.49. The van der Waals surface area contributed by atoms with Crippen LogP contribution in [-0.4, -0.2) is 42.5 Å². The largest absolute Gasteiger partial charge is 0.305 e. The van der Waals surface area contributed by atoms with Gasteiger partial charge in [-0.3, -0.25) is 4.79 Å². The second-order valence-electron chi connectivity index (χ2n) is 6.39. The van der Waals surface area contributed by atoms with E-state index >= 15 is 0 Å². The second kappa shape index (κ2) is 7.34. The number of hydrogen-bond acceptors (Lipinski definition) is 4. The van der Waals surface area contributed by atoms with Crippen LogP contribution in [0.5, 0.6) is 0 Å². The van der Waals surface area contributed by atoms with Crippen LogP contribution in [0.1, 0.15) is 28.0 Å². The van der Waals surface area contributed by atoms with Gasteiger partial charge in [0, 0.05) is 28.9 Å². The molecule has 3 rings (SSSR count). The third-order valence-corrected chi connectivity index (χ3v) is 5.05. The molecule has 1 aliphatic rings. The number of anilines is 1. The predicted molar refractivity (Wildman–Crippen MR) is 101 cm³/mol. The summed E-state index contributed by atoms with van der Waals surface area (Å²) >= 11 is 3.52. The van der Waals surface area contributed by atoms with Gasteiger partial charge in [-0.25, -0.2) is 4.98 Å². The Morgan fingerprint density at radius 2 is 2.16 bits per heavy atom. The highest BCUT2D eigenvalue weighted by Crippen LogP contribution is 2.31. The number of benzene rings is 1.